The van der Waals surface area contributed by atoms with Gasteiger partial charge >= 0.3 is 0 Å². The predicted octanol–water partition coefficient (Wildman–Crippen LogP) is 6.14. The number of fused-ring (bicyclic) bond motifs is 1. The Morgan fingerprint density at radius 2 is 1.47 bits per heavy atom. The Balaban J connectivity index is 1.37. The van der Waals surface area contributed by atoms with E-state index in [1.54, 1.807) is 36.4 Å². The number of nitrogens with zero attached hydrogens (tertiary/aromatic N) is 1. The quantitative estimate of drug-likeness (QED) is 0.190. The van der Waals surface area contributed by atoms with Crippen molar-refractivity contribution in [3.63, 3.8) is 0 Å². The second-order valence-electron chi connectivity index (χ2n) is 9.35. The zero-order valence-corrected chi connectivity index (χ0v) is 25.2. The summed E-state index contributed by atoms with van der Waals surface area (Å²) in [4.78, 5) is 13.1. The lowest BCUT2D eigenvalue weighted by molar-refractivity contribution is -0.114. The third-order valence-electron chi connectivity index (χ3n) is 6.51. The lowest BCUT2D eigenvalue weighted by Gasteiger charge is -2.26. The van der Waals surface area contributed by atoms with Gasteiger partial charge in [0.1, 0.15) is 12.3 Å². The summed E-state index contributed by atoms with van der Waals surface area (Å²) < 4.78 is 62.5. The number of rotatable bonds is 10. The number of hydrogen-bond donors (Lipinski definition) is 2. The molecule has 5 aromatic carbocycles. The molecule has 0 saturated heterocycles. The second-order valence-corrected chi connectivity index (χ2v) is 13.3. The Kier molecular flexibility index (Phi) is 8.58. The van der Waals surface area contributed by atoms with E-state index in [0.717, 1.165) is 15.1 Å². The van der Waals surface area contributed by atoms with Gasteiger partial charge < -0.3 is 10.1 Å². The number of anilines is 3. The molecule has 9 nitrogen and oxygen atoms in total. The molecule has 220 valence electrons. The van der Waals surface area contributed by atoms with Crippen LogP contribution in [0.3, 0.4) is 0 Å². The molecule has 12 heteroatoms. The lowest BCUT2D eigenvalue weighted by Crippen LogP contribution is -2.38. The molecule has 0 aliphatic heterocycles. The summed E-state index contributed by atoms with van der Waals surface area (Å²) >= 11 is 6.18. The molecule has 0 spiro atoms. The first-order valence-electron chi connectivity index (χ1n) is 12.9. The zero-order chi connectivity index (χ0) is 30.6. The summed E-state index contributed by atoms with van der Waals surface area (Å²) in [5.74, 6) is -0.476. The number of hydrogen-bond acceptors (Lipinski definition) is 6. The number of methoxy groups -OCH3 is 1. The molecule has 0 aliphatic rings. The van der Waals surface area contributed by atoms with Gasteiger partial charge in [-0.05, 0) is 66.0 Å². The highest BCUT2D eigenvalue weighted by molar-refractivity contribution is 7.93. The van der Waals surface area contributed by atoms with Crippen LogP contribution in [0.5, 0.6) is 5.75 Å². The predicted molar refractivity (Wildman–Crippen MR) is 169 cm³/mol. The molecule has 0 bridgehead atoms. The van der Waals surface area contributed by atoms with Gasteiger partial charge in [0, 0.05) is 16.1 Å². The molecule has 0 heterocycles. The molecule has 1 amide bonds. The van der Waals surface area contributed by atoms with Gasteiger partial charge in [0.05, 0.1) is 28.3 Å². The van der Waals surface area contributed by atoms with Gasteiger partial charge in [0.25, 0.3) is 20.0 Å². The van der Waals surface area contributed by atoms with E-state index in [1.807, 2.05) is 30.3 Å². The maximum absolute atomic E-state index is 13.7. The molecule has 0 aromatic heterocycles. The standard InChI is InChI=1S/C31H26ClN3O6S2/c1-41-30-19-14-23(32)20-29(30)35(43(39,40)26-10-3-2-4-11-26)21-31(36)33-24-15-17-25(18-16-24)42(37,38)34-28-13-7-9-22-8-5-6-12-27(22)28/h2-20,34H,21H2,1H3,(H,33,36). The van der Waals surface area contributed by atoms with Crippen LogP contribution in [-0.4, -0.2) is 36.4 Å². The zero-order valence-electron chi connectivity index (χ0n) is 22.8. The summed E-state index contributed by atoms with van der Waals surface area (Å²) in [6.07, 6.45) is 0. The smallest absolute Gasteiger partial charge is 0.264 e. The van der Waals surface area contributed by atoms with Crippen molar-refractivity contribution in [1.82, 2.24) is 0 Å². The summed E-state index contributed by atoms with van der Waals surface area (Å²) in [5, 5.41) is 4.53. The Morgan fingerprint density at radius 1 is 0.791 bits per heavy atom. The number of nitrogens with one attached hydrogen (secondary N) is 2. The van der Waals surface area contributed by atoms with Crippen molar-refractivity contribution in [3.05, 3.63) is 120 Å². The highest BCUT2D eigenvalue weighted by atomic mass is 35.5. The van der Waals surface area contributed by atoms with Crippen molar-refractivity contribution in [2.24, 2.45) is 0 Å². The van der Waals surface area contributed by atoms with Crippen LogP contribution in [0.2, 0.25) is 5.02 Å². The van der Waals surface area contributed by atoms with Gasteiger partial charge in [0.15, 0.2) is 0 Å². The van der Waals surface area contributed by atoms with Crippen molar-refractivity contribution >= 4 is 65.4 Å². The van der Waals surface area contributed by atoms with Crippen molar-refractivity contribution < 1.29 is 26.4 Å². The van der Waals surface area contributed by atoms with Crippen molar-refractivity contribution in [1.29, 1.82) is 0 Å². The molecule has 43 heavy (non-hydrogen) atoms. The van der Waals surface area contributed by atoms with Crippen LogP contribution in [-0.2, 0) is 24.8 Å². The van der Waals surface area contributed by atoms with E-state index in [2.05, 4.69) is 10.0 Å². The second kappa shape index (κ2) is 12.3. The van der Waals surface area contributed by atoms with Crippen LogP contribution in [0.4, 0.5) is 17.1 Å². The molecule has 0 saturated carbocycles. The average molecular weight is 636 g/mol. The molecular formula is C31H26ClN3O6S2. The topological polar surface area (TPSA) is 122 Å². The van der Waals surface area contributed by atoms with E-state index in [9.17, 15) is 21.6 Å². The van der Waals surface area contributed by atoms with Gasteiger partial charge in [-0.15, -0.1) is 0 Å². The highest BCUT2D eigenvalue weighted by Gasteiger charge is 2.30. The van der Waals surface area contributed by atoms with E-state index in [4.69, 9.17) is 16.3 Å². The number of sulfonamides is 2. The normalized spacial score (nSPS) is 11.6. The van der Waals surface area contributed by atoms with Crippen LogP contribution in [0, 0.1) is 0 Å². The number of halogens is 1. The van der Waals surface area contributed by atoms with Crippen LogP contribution in [0.15, 0.2) is 125 Å². The fourth-order valence-electron chi connectivity index (χ4n) is 4.44. The molecule has 0 unspecified atom stereocenters. The van der Waals surface area contributed by atoms with Crippen LogP contribution < -0.4 is 19.1 Å². The largest absolute Gasteiger partial charge is 0.495 e. The molecule has 2 N–H and O–H groups in total. The average Bonchev–Trinajstić information content (AvgIpc) is 3.00. The van der Waals surface area contributed by atoms with Crippen LogP contribution in [0.25, 0.3) is 10.8 Å². The fraction of sp³-hybridized carbons (Fsp3) is 0.0645. The molecule has 5 rings (SSSR count). The van der Waals surface area contributed by atoms with Crippen molar-refractivity contribution in [3.8, 4) is 5.75 Å². The molecule has 0 fully saturated rings. The molecule has 0 aliphatic carbocycles. The molecule has 0 radical (unpaired) electrons. The van der Waals surface area contributed by atoms with Gasteiger partial charge in [-0.1, -0.05) is 66.2 Å². The van der Waals surface area contributed by atoms with Crippen molar-refractivity contribution in [2.45, 2.75) is 9.79 Å². The Labute approximate surface area is 254 Å². The number of carbonyl (C=O) groups is 1. The number of carbonyl (C=O) groups excluding carboxylic acids is 1. The van der Waals surface area contributed by atoms with E-state index in [0.29, 0.717) is 5.69 Å². The maximum atomic E-state index is 13.7. The Bertz CT molecular complexity index is 2000. The van der Waals surface area contributed by atoms with E-state index < -0.39 is 32.5 Å². The SMILES string of the molecule is COc1ccc(Cl)cc1N(CC(=O)Nc1ccc(S(=O)(=O)Nc2cccc3ccccc23)cc1)S(=O)(=O)c1ccccc1. The minimum absolute atomic E-state index is 0.0182. The third kappa shape index (κ3) is 6.59. The summed E-state index contributed by atoms with van der Waals surface area (Å²) in [5.41, 5.74) is 0.783. The minimum atomic E-state index is -4.22. The Morgan fingerprint density at radius 3 is 2.19 bits per heavy atom. The first-order valence-corrected chi connectivity index (χ1v) is 16.2. The third-order valence-corrected chi connectivity index (χ3v) is 9.90. The first-order chi connectivity index (χ1) is 20.6. The fourth-order valence-corrected chi connectivity index (χ4v) is 7.13. The molecular weight excluding hydrogens is 610 g/mol. The number of amides is 1. The van der Waals surface area contributed by atoms with Crippen molar-refractivity contribution in [2.75, 3.05) is 28.0 Å². The first kappa shape index (κ1) is 29.9. The Hall–Kier alpha value is -4.58. The van der Waals surface area contributed by atoms with Crippen LogP contribution in [0.1, 0.15) is 0 Å². The van der Waals surface area contributed by atoms with E-state index >= 15 is 0 Å². The number of ether oxygens (including phenoxy) is 1. The monoisotopic (exact) mass is 635 g/mol. The van der Waals surface area contributed by atoms with Gasteiger partial charge in [0.2, 0.25) is 5.91 Å². The molecule has 0 atom stereocenters. The summed E-state index contributed by atoms with van der Waals surface area (Å²) in [6.45, 7) is -0.614. The summed E-state index contributed by atoms with van der Waals surface area (Å²) in [7, 11) is -6.78. The van der Waals surface area contributed by atoms with Gasteiger partial charge in [-0.2, -0.15) is 0 Å². The van der Waals surface area contributed by atoms with Gasteiger partial charge in [-0.25, -0.2) is 16.8 Å². The highest BCUT2D eigenvalue weighted by Crippen LogP contribution is 2.35. The van der Waals surface area contributed by atoms with E-state index in [1.165, 1.54) is 55.6 Å². The van der Waals surface area contributed by atoms with Gasteiger partial charge in [-0.3, -0.25) is 13.8 Å². The lowest BCUT2D eigenvalue weighted by atomic mass is 10.1. The molecule has 5 aromatic rings. The summed E-state index contributed by atoms with van der Waals surface area (Å²) in [6, 6.07) is 30.4. The number of benzene rings is 5. The minimum Gasteiger partial charge on any atom is -0.495 e. The van der Waals surface area contributed by atoms with E-state index in [-0.39, 0.29) is 31.9 Å². The maximum Gasteiger partial charge on any atom is 0.264 e. The van der Waals surface area contributed by atoms with Crippen LogP contribution >= 0.6 is 11.6 Å².